The highest BCUT2D eigenvalue weighted by Gasteiger charge is 2.38. The molecule has 1 atom stereocenters. The van der Waals surface area contributed by atoms with E-state index in [4.69, 9.17) is 0 Å². The number of carbonyl (C=O) groups is 1. The molecule has 0 radical (unpaired) electrons. The molecule has 1 amide bonds. The van der Waals surface area contributed by atoms with Crippen LogP contribution in [0.2, 0.25) is 0 Å². The number of hydrogen-bond donors (Lipinski definition) is 1. The van der Waals surface area contributed by atoms with Crippen LogP contribution < -0.4 is 5.32 Å². The van der Waals surface area contributed by atoms with Crippen molar-refractivity contribution in [2.24, 2.45) is 0 Å². The summed E-state index contributed by atoms with van der Waals surface area (Å²) in [6.45, 7) is 8.03. The quantitative estimate of drug-likeness (QED) is 0.625. The largest absolute Gasteiger partial charge is 0.323 e. The Morgan fingerprint density at radius 1 is 1.54 bits per heavy atom. The molecule has 74 valence electrons. The van der Waals surface area contributed by atoms with Crippen LogP contribution in [0.5, 0.6) is 0 Å². The van der Waals surface area contributed by atoms with E-state index >= 15 is 0 Å². The number of carbonyl (C=O) groups excluding carboxylic acids is 1. The van der Waals surface area contributed by atoms with Crippen molar-refractivity contribution in [2.45, 2.75) is 25.9 Å². The Morgan fingerprint density at radius 3 is 2.69 bits per heavy atom. The van der Waals surface area contributed by atoms with Crippen LogP contribution in [0.15, 0.2) is 0 Å². The van der Waals surface area contributed by atoms with Gasteiger partial charge < -0.3 is 4.90 Å². The van der Waals surface area contributed by atoms with E-state index in [0.29, 0.717) is 6.04 Å². The van der Waals surface area contributed by atoms with Crippen molar-refractivity contribution < 1.29 is 4.79 Å². The fourth-order valence-corrected chi connectivity index (χ4v) is 1.96. The summed E-state index contributed by atoms with van der Waals surface area (Å²) in [5.41, 5.74) is 0. The van der Waals surface area contributed by atoms with Gasteiger partial charge >= 0.3 is 0 Å². The van der Waals surface area contributed by atoms with Crippen molar-refractivity contribution in [1.29, 1.82) is 0 Å². The van der Waals surface area contributed by atoms with Gasteiger partial charge in [0.05, 0.1) is 18.8 Å². The number of nitrogens with zero attached hydrogens (tertiary/aromatic N) is 2. The lowest BCUT2D eigenvalue weighted by molar-refractivity contribution is -0.133. The van der Waals surface area contributed by atoms with Crippen molar-refractivity contribution in [3.05, 3.63) is 0 Å². The molecule has 0 aromatic heterocycles. The van der Waals surface area contributed by atoms with Crippen molar-refractivity contribution in [3.63, 3.8) is 0 Å². The predicted octanol–water partition coefficient (Wildman–Crippen LogP) is -0.532. The Labute approximate surface area is 78.9 Å². The Hall–Kier alpha value is -0.610. The highest BCUT2D eigenvalue weighted by Crippen LogP contribution is 2.17. The number of likely N-dealkylation sites (tertiary alicyclic amines) is 1. The van der Waals surface area contributed by atoms with Crippen molar-refractivity contribution in [3.8, 4) is 0 Å². The van der Waals surface area contributed by atoms with Gasteiger partial charge in [-0.1, -0.05) is 6.92 Å². The molecule has 2 heterocycles. The Balaban J connectivity index is 1.87. The maximum atomic E-state index is 11.6. The minimum Gasteiger partial charge on any atom is -0.323 e. The third kappa shape index (κ3) is 1.44. The molecule has 0 spiro atoms. The second-order valence-electron chi connectivity index (χ2n) is 3.90. The van der Waals surface area contributed by atoms with E-state index in [-0.39, 0.29) is 11.9 Å². The molecule has 4 heteroatoms. The van der Waals surface area contributed by atoms with Crippen molar-refractivity contribution >= 4 is 5.91 Å². The predicted molar refractivity (Wildman–Crippen MR) is 50.2 cm³/mol. The fraction of sp³-hybridized carbons (Fsp3) is 0.889. The summed E-state index contributed by atoms with van der Waals surface area (Å²) in [6.07, 6.45) is 0. The van der Waals surface area contributed by atoms with Crippen molar-refractivity contribution in [2.75, 3.05) is 26.3 Å². The average Bonchev–Trinajstić information content (AvgIpc) is 2.34. The summed E-state index contributed by atoms with van der Waals surface area (Å²) in [6, 6.07) is 0.487. The van der Waals surface area contributed by atoms with E-state index in [1.54, 1.807) is 0 Å². The molecule has 0 saturated carbocycles. The zero-order chi connectivity index (χ0) is 9.42. The molecule has 0 aromatic carbocycles. The monoisotopic (exact) mass is 183 g/mol. The lowest BCUT2D eigenvalue weighted by Gasteiger charge is -2.43. The number of amides is 1. The van der Waals surface area contributed by atoms with E-state index in [9.17, 15) is 4.79 Å². The molecule has 13 heavy (non-hydrogen) atoms. The van der Waals surface area contributed by atoms with Crippen LogP contribution in [0.4, 0.5) is 0 Å². The summed E-state index contributed by atoms with van der Waals surface area (Å²) < 4.78 is 0. The second-order valence-corrected chi connectivity index (χ2v) is 3.90. The minimum atomic E-state index is 0.0238. The molecule has 1 unspecified atom stereocenters. The maximum absolute atomic E-state index is 11.6. The average molecular weight is 183 g/mol. The molecule has 0 aliphatic carbocycles. The molecule has 0 bridgehead atoms. The fourth-order valence-electron chi connectivity index (χ4n) is 1.96. The molecule has 2 aliphatic rings. The van der Waals surface area contributed by atoms with Crippen LogP contribution in [0, 0.1) is 0 Å². The summed E-state index contributed by atoms with van der Waals surface area (Å²) in [7, 11) is 0. The first-order valence-electron chi connectivity index (χ1n) is 4.98. The van der Waals surface area contributed by atoms with Crippen LogP contribution in [-0.2, 0) is 4.79 Å². The Morgan fingerprint density at radius 2 is 2.23 bits per heavy atom. The van der Waals surface area contributed by atoms with Crippen LogP contribution in [0.3, 0.4) is 0 Å². The van der Waals surface area contributed by atoms with E-state index in [1.807, 2.05) is 11.8 Å². The molecule has 1 N–H and O–H groups in total. The SMILES string of the molecule is CCN1CC(N2CNC(C)C2=O)C1. The number of hydrogen-bond acceptors (Lipinski definition) is 3. The van der Waals surface area contributed by atoms with Gasteiger partial charge in [0.15, 0.2) is 0 Å². The van der Waals surface area contributed by atoms with Crippen LogP contribution in [0.25, 0.3) is 0 Å². The lowest BCUT2D eigenvalue weighted by Crippen LogP contribution is -2.59. The molecule has 4 nitrogen and oxygen atoms in total. The van der Waals surface area contributed by atoms with Crippen LogP contribution in [-0.4, -0.2) is 54.1 Å². The normalized spacial score (nSPS) is 31.1. The first kappa shape index (κ1) is 8.97. The summed E-state index contributed by atoms with van der Waals surface area (Å²) in [5, 5.41) is 3.16. The zero-order valence-corrected chi connectivity index (χ0v) is 8.29. The Kier molecular flexibility index (Phi) is 2.26. The van der Waals surface area contributed by atoms with Gasteiger partial charge in [0.25, 0.3) is 0 Å². The van der Waals surface area contributed by atoms with E-state index in [1.165, 1.54) is 0 Å². The van der Waals surface area contributed by atoms with Gasteiger partial charge in [0, 0.05) is 13.1 Å². The van der Waals surface area contributed by atoms with Gasteiger partial charge in [0.1, 0.15) is 0 Å². The van der Waals surface area contributed by atoms with E-state index in [0.717, 1.165) is 26.3 Å². The third-order valence-electron chi connectivity index (χ3n) is 3.05. The summed E-state index contributed by atoms with van der Waals surface area (Å²) in [5.74, 6) is 0.265. The van der Waals surface area contributed by atoms with Crippen molar-refractivity contribution in [1.82, 2.24) is 15.1 Å². The number of rotatable bonds is 2. The number of likely N-dealkylation sites (N-methyl/N-ethyl adjacent to an activating group) is 1. The summed E-state index contributed by atoms with van der Waals surface area (Å²) in [4.78, 5) is 15.9. The molecule has 2 fully saturated rings. The van der Waals surface area contributed by atoms with Gasteiger partial charge in [-0.05, 0) is 13.5 Å². The highest BCUT2D eigenvalue weighted by atomic mass is 16.2. The first-order valence-corrected chi connectivity index (χ1v) is 4.98. The number of nitrogens with one attached hydrogen (secondary N) is 1. The van der Waals surface area contributed by atoms with Gasteiger partial charge in [-0.3, -0.25) is 15.0 Å². The van der Waals surface area contributed by atoms with Gasteiger partial charge in [-0.2, -0.15) is 0 Å². The zero-order valence-electron chi connectivity index (χ0n) is 8.29. The smallest absolute Gasteiger partial charge is 0.240 e. The molecule has 2 saturated heterocycles. The molecular formula is C9H17N3O. The summed E-state index contributed by atoms with van der Waals surface area (Å²) >= 11 is 0. The van der Waals surface area contributed by atoms with E-state index in [2.05, 4.69) is 17.1 Å². The van der Waals surface area contributed by atoms with Crippen LogP contribution >= 0.6 is 0 Å². The van der Waals surface area contributed by atoms with Gasteiger partial charge in [0.2, 0.25) is 5.91 Å². The Bertz CT molecular complexity index is 213. The van der Waals surface area contributed by atoms with Gasteiger partial charge in [-0.25, -0.2) is 0 Å². The third-order valence-corrected chi connectivity index (χ3v) is 3.05. The minimum absolute atomic E-state index is 0.0238. The standard InChI is InChI=1S/C9H17N3O/c1-3-11-4-8(5-11)12-6-10-7(2)9(12)13/h7-8,10H,3-6H2,1-2H3. The highest BCUT2D eigenvalue weighted by molar-refractivity contribution is 5.83. The van der Waals surface area contributed by atoms with E-state index < -0.39 is 0 Å². The molecule has 2 rings (SSSR count). The topological polar surface area (TPSA) is 35.6 Å². The molecular weight excluding hydrogens is 166 g/mol. The molecule has 0 aromatic rings. The first-order chi connectivity index (χ1) is 6.22. The maximum Gasteiger partial charge on any atom is 0.240 e. The lowest BCUT2D eigenvalue weighted by atomic mass is 10.1. The van der Waals surface area contributed by atoms with Crippen LogP contribution in [0.1, 0.15) is 13.8 Å². The van der Waals surface area contributed by atoms with Gasteiger partial charge in [-0.15, -0.1) is 0 Å². The second kappa shape index (κ2) is 3.27. The molecule has 2 aliphatic heterocycles.